The zero-order valence-corrected chi connectivity index (χ0v) is 19.2. The van der Waals surface area contributed by atoms with Crippen LogP contribution in [0, 0.1) is 6.92 Å². The van der Waals surface area contributed by atoms with Crippen molar-refractivity contribution in [3.63, 3.8) is 0 Å². The Morgan fingerprint density at radius 2 is 1.67 bits per heavy atom. The van der Waals surface area contributed by atoms with Gasteiger partial charge in [0.15, 0.2) is 0 Å². The molecule has 0 unspecified atom stereocenters. The smallest absolute Gasteiger partial charge is 0.139 e. The minimum Gasteiger partial charge on any atom is -0.487 e. The Morgan fingerprint density at radius 3 is 2.37 bits per heavy atom. The first kappa shape index (κ1) is 20.5. The van der Waals surface area contributed by atoms with Crippen molar-refractivity contribution < 1.29 is 4.74 Å². The van der Waals surface area contributed by atoms with Gasteiger partial charge in [0.05, 0.1) is 4.47 Å². The fourth-order valence-corrected chi connectivity index (χ4v) is 4.46. The molecule has 3 rings (SSSR count). The van der Waals surface area contributed by atoms with E-state index in [2.05, 4.69) is 68.4 Å². The summed E-state index contributed by atoms with van der Waals surface area (Å²) in [6.07, 6.45) is 0. The van der Waals surface area contributed by atoms with E-state index in [1.54, 1.807) is 6.07 Å². The first-order valence-electron chi connectivity index (χ1n) is 8.27. The standard InChI is InChI=1S/C21H17Br2Cl2NO/c1-13-2-6-18(7-3-13)26-11-15-8-16(22)9-19(23)21(15)27-12-14-4-5-17(24)10-20(14)25/h2-10,26H,11-12H2,1H3. The lowest BCUT2D eigenvalue weighted by Crippen LogP contribution is -2.05. The third kappa shape index (κ3) is 5.64. The van der Waals surface area contributed by atoms with Crippen LogP contribution >= 0.6 is 55.1 Å². The Bertz CT molecular complexity index is 946. The van der Waals surface area contributed by atoms with Crippen LogP contribution in [0.1, 0.15) is 16.7 Å². The Labute approximate surface area is 186 Å². The van der Waals surface area contributed by atoms with Crippen molar-refractivity contribution in [2.75, 3.05) is 5.32 Å². The van der Waals surface area contributed by atoms with Crippen molar-refractivity contribution in [2.45, 2.75) is 20.1 Å². The molecule has 0 aliphatic heterocycles. The van der Waals surface area contributed by atoms with Crippen molar-refractivity contribution in [3.8, 4) is 5.75 Å². The van der Waals surface area contributed by atoms with Gasteiger partial charge in [0.1, 0.15) is 12.4 Å². The molecule has 3 aromatic carbocycles. The highest BCUT2D eigenvalue weighted by molar-refractivity contribution is 9.11. The average Bonchev–Trinajstić information content (AvgIpc) is 2.61. The maximum Gasteiger partial charge on any atom is 0.139 e. The molecule has 0 aromatic heterocycles. The number of anilines is 1. The molecule has 0 spiro atoms. The molecule has 1 N–H and O–H groups in total. The molecule has 0 saturated heterocycles. The van der Waals surface area contributed by atoms with Gasteiger partial charge >= 0.3 is 0 Å². The number of hydrogen-bond acceptors (Lipinski definition) is 2. The van der Waals surface area contributed by atoms with Crippen LogP contribution in [-0.4, -0.2) is 0 Å². The van der Waals surface area contributed by atoms with Gasteiger partial charge in [-0.1, -0.05) is 62.9 Å². The summed E-state index contributed by atoms with van der Waals surface area (Å²) in [7, 11) is 0. The van der Waals surface area contributed by atoms with Gasteiger partial charge in [0, 0.05) is 37.9 Å². The predicted molar refractivity (Wildman–Crippen MR) is 121 cm³/mol. The van der Waals surface area contributed by atoms with E-state index in [0.29, 0.717) is 23.2 Å². The molecule has 0 radical (unpaired) electrons. The molecule has 27 heavy (non-hydrogen) atoms. The van der Waals surface area contributed by atoms with Gasteiger partial charge < -0.3 is 10.1 Å². The van der Waals surface area contributed by atoms with Crippen molar-refractivity contribution in [3.05, 3.63) is 90.3 Å². The molecule has 0 atom stereocenters. The largest absolute Gasteiger partial charge is 0.487 e. The Kier molecular flexibility index (Phi) is 7.10. The molecule has 6 heteroatoms. The van der Waals surface area contributed by atoms with Crippen LogP contribution in [0.5, 0.6) is 5.75 Å². The van der Waals surface area contributed by atoms with Gasteiger partial charge in [0.25, 0.3) is 0 Å². The monoisotopic (exact) mass is 527 g/mol. The summed E-state index contributed by atoms with van der Waals surface area (Å²) in [5.74, 6) is 0.781. The van der Waals surface area contributed by atoms with E-state index in [1.807, 2.05) is 24.3 Å². The lowest BCUT2D eigenvalue weighted by molar-refractivity contribution is 0.301. The van der Waals surface area contributed by atoms with Crippen LogP contribution in [0.2, 0.25) is 10.0 Å². The molecule has 0 aliphatic carbocycles. The highest BCUT2D eigenvalue weighted by Gasteiger charge is 2.12. The van der Waals surface area contributed by atoms with E-state index in [0.717, 1.165) is 31.5 Å². The minimum absolute atomic E-state index is 0.355. The number of hydrogen-bond donors (Lipinski definition) is 1. The van der Waals surface area contributed by atoms with Crippen LogP contribution in [0.3, 0.4) is 0 Å². The molecule has 0 amide bonds. The maximum atomic E-state index is 6.26. The summed E-state index contributed by atoms with van der Waals surface area (Å²) >= 11 is 19.4. The first-order chi connectivity index (χ1) is 12.9. The molecule has 0 saturated carbocycles. The fourth-order valence-electron chi connectivity index (χ4n) is 2.56. The highest BCUT2D eigenvalue weighted by atomic mass is 79.9. The van der Waals surface area contributed by atoms with E-state index < -0.39 is 0 Å². The van der Waals surface area contributed by atoms with Gasteiger partial charge in [0.2, 0.25) is 0 Å². The molecule has 0 fully saturated rings. The lowest BCUT2D eigenvalue weighted by Gasteiger charge is -2.16. The second kappa shape index (κ2) is 9.33. The number of ether oxygens (including phenoxy) is 1. The van der Waals surface area contributed by atoms with E-state index in [1.165, 1.54) is 5.56 Å². The molecule has 0 heterocycles. The Morgan fingerprint density at radius 1 is 0.926 bits per heavy atom. The van der Waals surface area contributed by atoms with Crippen LogP contribution < -0.4 is 10.1 Å². The van der Waals surface area contributed by atoms with Crippen molar-refractivity contribution in [1.82, 2.24) is 0 Å². The topological polar surface area (TPSA) is 21.3 Å². The lowest BCUT2D eigenvalue weighted by atomic mass is 10.1. The zero-order valence-electron chi connectivity index (χ0n) is 14.5. The van der Waals surface area contributed by atoms with Crippen molar-refractivity contribution in [1.29, 1.82) is 0 Å². The molecule has 3 aromatic rings. The Balaban J connectivity index is 1.78. The van der Waals surface area contributed by atoms with E-state index in [-0.39, 0.29) is 0 Å². The van der Waals surface area contributed by atoms with Gasteiger partial charge in [-0.25, -0.2) is 0 Å². The summed E-state index contributed by atoms with van der Waals surface area (Å²) in [6.45, 7) is 3.06. The molecule has 140 valence electrons. The van der Waals surface area contributed by atoms with Crippen LogP contribution in [0.25, 0.3) is 0 Å². The summed E-state index contributed by atoms with van der Waals surface area (Å²) in [5, 5.41) is 4.64. The van der Waals surface area contributed by atoms with Gasteiger partial charge in [-0.15, -0.1) is 0 Å². The summed E-state index contributed by atoms with van der Waals surface area (Å²) in [4.78, 5) is 0. The number of aryl methyl sites for hydroxylation is 1. The normalized spacial score (nSPS) is 10.7. The number of rotatable bonds is 6. The third-order valence-corrected chi connectivity index (χ3v) is 5.64. The fraction of sp³-hybridized carbons (Fsp3) is 0.143. The van der Waals surface area contributed by atoms with E-state index in [4.69, 9.17) is 27.9 Å². The van der Waals surface area contributed by atoms with Gasteiger partial charge in [-0.05, 0) is 59.3 Å². The number of nitrogens with one attached hydrogen (secondary N) is 1. The summed E-state index contributed by atoms with van der Waals surface area (Å²) in [6, 6.07) is 17.7. The third-order valence-electron chi connectivity index (χ3n) is 4.01. The second-order valence-electron chi connectivity index (χ2n) is 6.12. The SMILES string of the molecule is Cc1ccc(NCc2cc(Br)cc(Br)c2OCc2ccc(Cl)cc2Cl)cc1. The molecular weight excluding hydrogens is 513 g/mol. The highest BCUT2D eigenvalue weighted by Crippen LogP contribution is 2.34. The molecule has 2 nitrogen and oxygen atoms in total. The number of benzene rings is 3. The number of halogens is 4. The summed E-state index contributed by atoms with van der Waals surface area (Å²) in [5.41, 5.74) is 4.20. The Hall–Kier alpha value is -1.20. The van der Waals surface area contributed by atoms with Crippen molar-refractivity contribution in [2.24, 2.45) is 0 Å². The zero-order chi connectivity index (χ0) is 19.4. The van der Waals surface area contributed by atoms with E-state index in [9.17, 15) is 0 Å². The molecule has 0 aliphatic rings. The van der Waals surface area contributed by atoms with Gasteiger partial charge in [-0.3, -0.25) is 0 Å². The predicted octanol–water partition coefficient (Wildman–Crippen LogP) is 8.02. The second-order valence-corrected chi connectivity index (χ2v) is 8.73. The average molecular weight is 530 g/mol. The minimum atomic E-state index is 0.355. The van der Waals surface area contributed by atoms with E-state index >= 15 is 0 Å². The summed E-state index contributed by atoms with van der Waals surface area (Å²) < 4.78 is 7.96. The van der Waals surface area contributed by atoms with Crippen LogP contribution in [0.4, 0.5) is 5.69 Å². The first-order valence-corrected chi connectivity index (χ1v) is 10.6. The van der Waals surface area contributed by atoms with Crippen LogP contribution in [0.15, 0.2) is 63.5 Å². The maximum absolute atomic E-state index is 6.26. The van der Waals surface area contributed by atoms with Crippen LogP contribution in [-0.2, 0) is 13.2 Å². The molecular formula is C21H17Br2Cl2NO. The molecule has 0 bridgehead atoms. The van der Waals surface area contributed by atoms with Crippen molar-refractivity contribution >= 4 is 60.7 Å². The quantitative estimate of drug-likeness (QED) is 0.349. The van der Waals surface area contributed by atoms with Gasteiger partial charge in [-0.2, -0.15) is 0 Å².